The standard InChI is InChI=1S/C14H18BrN3O2/c15-11-8-6-10(7-9-11)13(19)17-18-14(20)16-12-4-2-1-3-5-12/h6-9,12H,1-5H2,(H,17,19)(H2,16,18,20)/p+1. The van der Waals surface area contributed by atoms with Gasteiger partial charge in [-0.05, 0) is 37.1 Å². The molecule has 0 radical (unpaired) electrons. The smallest absolute Gasteiger partial charge is 0.394 e. The summed E-state index contributed by atoms with van der Waals surface area (Å²) >= 11 is 3.32. The predicted molar refractivity (Wildman–Crippen MR) is 80.4 cm³/mol. The number of urea groups is 1. The molecule has 0 aromatic heterocycles. The van der Waals surface area contributed by atoms with Gasteiger partial charge < -0.3 is 10.4 Å². The first kappa shape index (κ1) is 14.8. The van der Waals surface area contributed by atoms with Crippen LogP contribution in [0.1, 0.15) is 37.7 Å². The van der Waals surface area contributed by atoms with E-state index >= 15 is 0 Å². The van der Waals surface area contributed by atoms with Crippen molar-refractivity contribution < 1.29 is 15.0 Å². The molecule has 0 saturated heterocycles. The zero-order chi connectivity index (χ0) is 14.4. The number of halogens is 1. The highest BCUT2D eigenvalue weighted by atomic mass is 79.9. The highest BCUT2D eigenvalue weighted by Crippen LogP contribution is 2.16. The lowest BCUT2D eigenvalue weighted by Gasteiger charge is -2.21. The minimum absolute atomic E-state index is 0.0868. The lowest BCUT2D eigenvalue weighted by Crippen LogP contribution is -2.86. The first-order valence-electron chi connectivity index (χ1n) is 6.79. The molecule has 1 aliphatic rings. The van der Waals surface area contributed by atoms with E-state index in [-0.39, 0.29) is 18.0 Å². The van der Waals surface area contributed by atoms with Gasteiger partial charge in [0.05, 0.1) is 5.56 Å². The van der Waals surface area contributed by atoms with Crippen LogP contribution in [-0.2, 0) is 0 Å². The van der Waals surface area contributed by atoms with Gasteiger partial charge in [-0.25, -0.2) is 4.79 Å². The third-order valence-corrected chi connectivity index (χ3v) is 3.88. The first-order chi connectivity index (χ1) is 9.65. The van der Waals surface area contributed by atoms with Crippen molar-refractivity contribution in [2.45, 2.75) is 38.1 Å². The fraction of sp³-hybridized carbons (Fsp3) is 0.429. The summed E-state index contributed by atoms with van der Waals surface area (Å²) in [5, 5.41) is 15.2. The van der Waals surface area contributed by atoms with Gasteiger partial charge in [-0.1, -0.05) is 40.3 Å². The Morgan fingerprint density at radius 1 is 1.20 bits per heavy atom. The average molecular weight is 341 g/mol. The summed E-state index contributed by atoms with van der Waals surface area (Å²) in [4.78, 5) is 11.7. The number of benzene rings is 1. The van der Waals surface area contributed by atoms with Gasteiger partial charge >= 0.3 is 11.9 Å². The zero-order valence-electron chi connectivity index (χ0n) is 11.2. The number of rotatable bonds is 3. The maximum absolute atomic E-state index is 11.7. The van der Waals surface area contributed by atoms with Crippen LogP contribution in [0, 0.1) is 0 Å². The lowest BCUT2D eigenvalue weighted by molar-refractivity contribution is -0.516. The number of carbonyl (C=O) groups is 1. The van der Waals surface area contributed by atoms with E-state index in [1.54, 1.807) is 12.1 Å². The highest BCUT2D eigenvalue weighted by Gasteiger charge is 2.16. The van der Waals surface area contributed by atoms with Crippen LogP contribution in [0.25, 0.3) is 0 Å². The molecule has 0 unspecified atom stereocenters. The molecule has 1 aromatic carbocycles. The van der Waals surface area contributed by atoms with Crippen molar-refractivity contribution in [1.29, 1.82) is 0 Å². The second-order valence-electron chi connectivity index (χ2n) is 4.91. The van der Waals surface area contributed by atoms with E-state index in [1.165, 1.54) is 6.42 Å². The number of hydrogen-bond acceptors (Lipinski definition) is 1. The van der Waals surface area contributed by atoms with E-state index in [1.807, 2.05) is 12.1 Å². The molecule has 20 heavy (non-hydrogen) atoms. The Hall–Kier alpha value is -1.56. The molecule has 4 N–H and O–H groups in total. The van der Waals surface area contributed by atoms with Gasteiger partial charge in [0.1, 0.15) is 0 Å². The minimum atomic E-state index is -0.319. The SMILES string of the molecule is O=C(N/[NH+]=C(\O)c1ccc(Br)cc1)NC1CCCCC1. The Labute approximate surface area is 126 Å². The van der Waals surface area contributed by atoms with Gasteiger partial charge in [-0.3, -0.25) is 0 Å². The number of aliphatic hydroxyl groups is 1. The van der Waals surface area contributed by atoms with Crippen molar-refractivity contribution in [3.63, 3.8) is 0 Å². The van der Waals surface area contributed by atoms with Crippen molar-refractivity contribution in [2.75, 3.05) is 0 Å². The second-order valence-corrected chi connectivity index (χ2v) is 5.83. The van der Waals surface area contributed by atoms with Gasteiger partial charge in [-0.15, -0.1) is 5.43 Å². The molecular weight excluding hydrogens is 322 g/mol. The summed E-state index contributed by atoms with van der Waals surface area (Å²) in [7, 11) is 0. The number of hydrazine groups is 1. The fourth-order valence-electron chi connectivity index (χ4n) is 2.26. The first-order valence-corrected chi connectivity index (χ1v) is 7.59. The van der Waals surface area contributed by atoms with E-state index in [2.05, 4.69) is 31.8 Å². The predicted octanol–water partition coefficient (Wildman–Crippen LogP) is 1.38. The topological polar surface area (TPSA) is 75.3 Å². The number of nitrogens with one attached hydrogen (secondary N) is 3. The van der Waals surface area contributed by atoms with Gasteiger partial charge in [0.15, 0.2) is 0 Å². The quantitative estimate of drug-likeness (QED) is 0.381. The summed E-state index contributed by atoms with van der Waals surface area (Å²) in [6.45, 7) is 0. The summed E-state index contributed by atoms with van der Waals surface area (Å²) in [6.07, 6.45) is 5.62. The largest absolute Gasteiger partial charge is 0.458 e. The van der Waals surface area contributed by atoms with Crippen LogP contribution in [0.3, 0.4) is 0 Å². The Bertz CT molecular complexity index is 482. The second kappa shape index (κ2) is 7.28. The Balaban J connectivity index is 1.84. The normalized spacial score (nSPS) is 16.8. The van der Waals surface area contributed by atoms with Crippen LogP contribution >= 0.6 is 15.9 Å². The van der Waals surface area contributed by atoms with Crippen molar-refractivity contribution in [2.24, 2.45) is 0 Å². The molecule has 1 aliphatic carbocycles. The molecule has 0 atom stereocenters. The zero-order valence-corrected chi connectivity index (χ0v) is 12.7. The molecular formula is C14H19BrN3O2+. The summed E-state index contributed by atoms with van der Waals surface area (Å²) in [5.41, 5.74) is 3.05. The molecule has 0 aliphatic heterocycles. The Kier molecular flexibility index (Phi) is 5.40. The van der Waals surface area contributed by atoms with Crippen LogP contribution in [0.15, 0.2) is 28.7 Å². The van der Waals surface area contributed by atoms with E-state index < -0.39 is 0 Å². The van der Waals surface area contributed by atoms with Crippen LogP contribution in [0.4, 0.5) is 4.79 Å². The van der Waals surface area contributed by atoms with Crippen LogP contribution in [0.5, 0.6) is 0 Å². The average Bonchev–Trinajstić information content (AvgIpc) is 2.46. The third kappa shape index (κ3) is 4.52. The molecule has 108 valence electrons. The van der Waals surface area contributed by atoms with Crippen molar-refractivity contribution in [3.05, 3.63) is 34.3 Å². The molecule has 5 nitrogen and oxygen atoms in total. The van der Waals surface area contributed by atoms with Gasteiger partial charge in [0, 0.05) is 10.5 Å². The van der Waals surface area contributed by atoms with Crippen molar-refractivity contribution in [1.82, 2.24) is 10.7 Å². The Morgan fingerprint density at radius 2 is 1.85 bits per heavy atom. The van der Waals surface area contributed by atoms with E-state index in [0.29, 0.717) is 5.56 Å². The molecule has 2 amide bonds. The molecule has 0 spiro atoms. The van der Waals surface area contributed by atoms with Crippen molar-refractivity contribution >= 4 is 27.9 Å². The number of aliphatic hydroxyl groups excluding tert-OH is 1. The van der Waals surface area contributed by atoms with E-state index in [0.717, 1.165) is 30.2 Å². The van der Waals surface area contributed by atoms with Gasteiger partial charge in [0.2, 0.25) is 0 Å². The van der Waals surface area contributed by atoms with Gasteiger partial charge in [0.25, 0.3) is 0 Å². The minimum Gasteiger partial charge on any atom is -0.458 e. The monoisotopic (exact) mass is 340 g/mol. The molecule has 2 rings (SSSR count). The summed E-state index contributed by atoms with van der Waals surface area (Å²) in [5.74, 6) is -0.0868. The summed E-state index contributed by atoms with van der Waals surface area (Å²) in [6, 6.07) is 7.03. The van der Waals surface area contributed by atoms with Crippen LogP contribution in [-0.4, -0.2) is 23.1 Å². The highest BCUT2D eigenvalue weighted by molar-refractivity contribution is 9.10. The molecule has 0 bridgehead atoms. The molecule has 1 fully saturated rings. The maximum Gasteiger partial charge on any atom is 0.394 e. The summed E-state index contributed by atoms with van der Waals surface area (Å²) < 4.78 is 0.928. The van der Waals surface area contributed by atoms with Crippen LogP contribution in [0.2, 0.25) is 0 Å². The number of carbonyl (C=O) groups excluding carboxylic acids is 1. The van der Waals surface area contributed by atoms with E-state index in [9.17, 15) is 9.90 Å². The van der Waals surface area contributed by atoms with E-state index in [4.69, 9.17) is 0 Å². The third-order valence-electron chi connectivity index (χ3n) is 3.35. The maximum atomic E-state index is 11.7. The molecule has 1 saturated carbocycles. The fourth-order valence-corrected chi connectivity index (χ4v) is 2.53. The number of amides is 2. The number of hydrazone groups is 1. The molecule has 0 heterocycles. The lowest BCUT2D eigenvalue weighted by atomic mass is 9.96. The molecule has 1 aromatic rings. The Morgan fingerprint density at radius 3 is 2.50 bits per heavy atom. The number of hydrogen-bond donors (Lipinski definition) is 4. The molecule has 6 heteroatoms. The van der Waals surface area contributed by atoms with Crippen LogP contribution < -0.4 is 15.8 Å². The van der Waals surface area contributed by atoms with Crippen molar-refractivity contribution in [3.8, 4) is 0 Å². The van der Waals surface area contributed by atoms with Gasteiger partial charge in [-0.2, -0.15) is 0 Å².